The zero-order chi connectivity index (χ0) is 13.8. The average molecular weight is 268 g/mol. The van der Waals surface area contributed by atoms with Crippen LogP contribution in [0.3, 0.4) is 0 Å². The Hall–Kier alpha value is -0.120. The number of hydrogen-bond acceptors (Lipinski definition) is 3. The topological polar surface area (TPSA) is 24.5 Å². The van der Waals surface area contributed by atoms with Crippen LogP contribution >= 0.6 is 0 Å². The zero-order valence-electron chi connectivity index (χ0n) is 13.2. The molecule has 0 aromatic rings. The van der Waals surface area contributed by atoms with Gasteiger partial charge in [0.25, 0.3) is 0 Å². The van der Waals surface area contributed by atoms with E-state index < -0.39 is 0 Å². The van der Waals surface area contributed by atoms with Gasteiger partial charge in [0, 0.05) is 38.3 Å². The highest BCUT2D eigenvalue weighted by Gasteiger charge is 2.36. The van der Waals surface area contributed by atoms with Crippen LogP contribution in [0.4, 0.5) is 0 Å². The van der Waals surface area contributed by atoms with Crippen molar-refractivity contribution in [3.05, 3.63) is 0 Å². The molecule has 2 saturated carbocycles. The first-order valence-corrected chi connectivity index (χ1v) is 8.11. The van der Waals surface area contributed by atoms with E-state index in [1.54, 1.807) is 0 Å². The highest BCUT2D eigenvalue weighted by molar-refractivity contribution is 4.91. The fourth-order valence-corrected chi connectivity index (χ4v) is 3.03. The molecule has 2 unspecified atom stereocenters. The van der Waals surface area contributed by atoms with E-state index in [2.05, 4.69) is 31.0 Å². The molecule has 2 rings (SSSR count). The van der Waals surface area contributed by atoms with Gasteiger partial charge < -0.3 is 10.1 Å². The minimum atomic E-state index is 0.645. The highest BCUT2D eigenvalue weighted by atomic mass is 16.5. The lowest BCUT2D eigenvalue weighted by Gasteiger charge is -2.39. The smallest absolute Gasteiger partial charge is 0.0589 e. The molecular weight excluding hydrogens is 236 g/mol. The van der Waals surface area contributed by atoms with Crippen molar-refractivity contribution >= 4 is 0 Å². The number of nitrogens with one attached hydrogen (secondary N) is 1. The van der Waals surface area contributed by atoms with Gasteiger partial charge in [-0.15, -0.1) is 0 Å². The summed E-state index contributed by atoms with van der Waals surface area (Å²) >= 11 is 0. The third kappa shape index (κ3) is 4.73. The molecule has 0 spiro atoms. The first-order chi connectivity index (χ1) is 9.13. The van der Waals surface area contributed by atoms with Gasteiger partial charge in [0.2, 0.25) is 0 Å². The van der Waals surface area contributed by atoms with Crippen LogP contribution in [-0.4, -0.2) is 49.8 Å². The summed E-state index contributed by atoms with van der Waals surface area (Å²) in [5, 5.41) is 3.73. The number of rotatable bonds is 10. The Labute approximate surface area is 119 Å². The second-order valence-electron chi connectivity index (χ2n) is 6.80. The molecule has 2 fully saturated rings. The maximum atomic E-state index is 5.33. The van der Waals surface area contributed by atoms with Crippen molar-refractivity contribution < 1.29 is 4.74 Å². The van der Waals surface area contributed by atoms with Crippen molar-refractivity contribution in [3.8, 4) is 0 Å². The maximum absolute atomic E-state index is 5.33. The Morgan fingerprint density at radius 3 is 2.32 bits per heavy atom. The summed E-state index contributed by atoms with van der Waals surface area (Å²) in [5.41, 5.74) is 0. The molecule has 2 atom stereocenters. The quantitative estimate of drug-likeness (QED) is 0.659. The van der Waals surface area contributed by atoms with Gasteiger partial charge in [0.05, 0.1) is 6.61 Å². The van der Waals surface area contributed by atoms with Crippen LogP contribution in [0, 0.1) is 11.8 Å². The highest BCUT2D eigenvalue weighted by Crippen LogP contribution is 2.36. The summed E-state index contributed by atoms with van der Waals surface area (Å²) in [7, 11) is 1.81. The van der Waals surface area contributed by atoms with E-state index >= 15 is 0 Å². The van der Waals surface area contributed by atoms with Gasteiger partial charge in [0.15, 0.2) is 0 Å². The van der Waals surface area contributed by atoms with E-state index in [0.29, 0.717) is 18.0 Å². The fourth-order valence-electron chi connectivity index (χ4n) is 3.03. The maximum Gasteiger partial charge on any atom is 0.0589 e. The summed E-state index contributed by atoms with van der Waals surface area (Å²) in [5.74, 6) is 1.63. The van der Waals surface area contributed by atoms with E-state index in [-0.39, 0.29) is 0 Å². The minimum Gasteiger partial charge on any atom is -0.383 e. The van der Waals surface area contributed by atoms with E-state index in [1.807, 2.05) is 7.11 Å². The van der Waals surface area contributed by atoms with Gasteiger partial charge in [-0.05, 0) is 44.4 Å². The molecule has 0 radical (unpaired) electrons. The molecule has 1 N–H and O–H groups in total. The van der Waals surface area contributed by atoms with Gasteiger partial charge in [-0.25, -0.2) is 0 Å². The molecule has 3 nitrogen and oxygen atoms in total. The molecule has 2 aliphatic rings. The monoisotopic (exact) mass is 268 g/mol. The van der Waals surface area contributed by atoms with Crippen molar-refractivity contribution in [2.75, 3.05) is 26.8 Å². The third-order valence-electron chi connectivity index (χ3n) is 4.77. The van der Waals surface area contributed by atoms with Crippen LogP contribution in [0.15, 0.2) is 0 Å². The lowest BCUT2D eigenvalue weighted by atomic mass is 9.99. The molecule has 0 aliphatic heterocycles. The van der Waals surface area contributed by atoms with Crippen LogP contribution in [0.5, 0.6) is 0 Å². The standard InChI is InChI=1S/C16H32N2O/c1-12(2)16(11-17-15-7-8-15)18(9-10-19-4)13(3)14-5-6-14/h12-17H,5-11H2,1-4H3. The van der Waals surface area contributed by atoms with Gasteiger partial charge in [0.1, 0.15) is 0 Å². The van der Waals surface area contributed by atoms with Crippen LogP contribution in [0.1, 0.15) is 46.5 Å². The molecule has 0 bridgehead atoms. The van der Waals surface area contributed by atoms with Gasteiger partial charge >= 0.3 is 0 Å². The van der Waals surface area contributed by atoms with Crippen molar-refractivity contribution in [2.45, 2.75) is 64.6 Å². The minimum absolute atomic E-state index is 0.645. The SMILES string of the molecule is COCCN(C(C)C1CC1)C(CNC1CC1)C(C)C. The molecule has 0 aromatic heterocycles. The molecule has 0 heterocycles. The number of hydrogen-bond donors (Lipinski definition) is 1. The molecule has 3 heteroatoms. The van der Waals surface area contributed by atoms with Gasteiger partial charge in [-0.3, -0.25) is 4.90 Å². The number of methoxy groups -OCH3 is 1. The van der Waals surface area contributed by atoms with Gasteiger partial charge in [-0.1, -0.05) is 13.8 Å². The first-order valence-electron chi connectivity index (χ1n) is 8.11. The lowest BCUT2D eigenvalue weighted by Crippen LogP contribution is -2.51. The van der Waals surface area contributed by atoms with Crippen molar-refractivity contribution in [2.24, 2.45) is 11.8 Å². The number of nitrogens with zero attached hydrogens (tertiary/aromatic N) is 1. The van der Waals surface area contributed by atoms with Crippen LogP contribution in [0.2, 0.25) is 0 Å². The fraction of sp³-hybridized carbons (Fsp3) is 1.00. The largest absolute Gasteiger partial charge is 0.383 e. The van der Waals surface area contributed by atoms with Crippen LogP contribution in [-0.2, 0) is 4.74 Å². The summed E-state index contributed by atoms with van der Waals surface area (Å²) in [4.78, 5) is 2.71. The Morgan fingerprint density at radius 1 is 1.16 bits per heavy atom. The molecule has 0 amide bonds. The van der Waals surface area contributed by atoms with Crippen molar-refractivity contribution in [1.29, 1.82) is 0 Å². The summed E-state index contributed by atoms with van der Waals surface area (Å²) in [6, 6.07) is 2.16. The van der Waals surface area contributed by atoms with Crippen molar-refractivity contribution in [3.63, 3.8) is 0 Å². The summed E-state index contributed by atoms with van der Waals surface area (Å²) in [6.45, 7) is 10.2. The zero-order valence-corrected chi connectivity index (χ0v) is 13.2. The summed E-state index contributed by atoms with van der Waals surface area (Å²) < 4.78 is 5.33. The van der Waals surface area contributed by atoms with Crippen LogP contribution < -0.4 is 5.32 Å². The van der Waals surface area contributed by atoms with Crippen molar-refractivity contribution in [1.82, 2.24) is 10.2 Å². The van der Waals surface area contributed by atoms with E-state index in [0.717, 1.165) is 31.7 Å². The van der Waals surface area contributed by atoms with Gasteiger partial charge in [-0.2, -0.15) is 0 Å². The van der Waals surface area contributed by atoms with E-state index in [1.165, 1.54) is 25.7 Å². The Balaban J connectivity index is 1.92. The summed E-state index contributed by atoms with van der Waals surface area (Å²) in [6.07, 6.45) is 5.60. The number of ether oxygens (including phenoxy) is 1. The predicted molar refractivity (Wildman–Crippen MR) is 80.4 cm³/mol. The van der Waals surface area contributed by atoms with Crippen LogP contribution in [0.25, 0.3) is 0 Å². The predicted octanol–water partition coefficient (Wildman–Crippen LogP) is 2.51. The molecule has 0 aromatic carbocycles. The molecular formula is C16H32N2O. The third-order valence-corrected chi connectivity index (χ3v) is 4.77. The molecule has 112 valence electrons. The second kappa shape index (κ2) is 7.05. The lowest BCUT2D eigenvalue weighted by molar-refractivity contribution is 0.0612. The normalized spacial score (nSPS) is 23.1. The molecule has 2 aliphatic carbocycles. The van der Waals surface area contributed by atoms with E-state index in [4.69, 9.17) is 4.74 Å². The molecule has 19 heavy (non-hydrogen) atoms. The van der Waals surface area contributed by atoms with E-state index in [9.17, 15) is 0 Å². The second-order valence-corrected chi connectivity index (χ2v) is 6.80. The Kier molecular flexibility index (Phi) is 5.67. The molecule has 0 saturated heterocycles. The Morgan fingerprint density at radius 2 is 1.84 bits per heavy atom. The Bertz CT molecular complexity index is 261. The average Bonchev–Trinajstić information content (AvgIpc) is 3.25. The first kappa shape index (κ1) is 15.3.